The number of benzene rings is 2. The van der Waals surface area contributed by atoms with Crippen LogP contribution in [0.1, 0.15) is 27.9 Å². The van der Waals surface area contributed by atoms with E-state index < -0.39 is 0 Å². The lowest BCUT2D eigenvalue weighted by atomic mass is 9.99. The standard InChI is InChI=1S/C20H22FN3O2/c1-13-10-15-4-3-9-24(19(15)17(21)11-13)12-18(25)23-16-7-5-14(6-8-16)20(26)22-2/h5-8,10-11H,3-4,9,12H2,1-2H3,(H,22,26)(H,23,25). The van der Waals surface area contributed by atoms with Crippen molar-refractivity contribution in [2.75, 3.05) is 30.4 Å². The molecule has 0 radical (unpaired) electrons. The van der Waals surface area contributed by atoms with E-state index >= 15 is 0 Å². The van der Waals surface area contributed by atoms with Gasteiger partial charge < -0.3 is 15.5 Å². The summed E-state index contributed by atoms with van der Waals surface area (Å²) in [5.41, 5.74) is 3.50. The maximum absolute atomic E-state index is 14.4. The van der Waals surface area contributed by atoms with Gasteiger partial charge in [-0.15, -0.1) is 0 Å². The van der Waals surface area contributed by atoms with E-state index in [1.807, 2.05) is 13.0 Å². The predicted octanol–water partition coefficient (Wildman–Crippen LogP) is 2.89. The van der Waals surface area contributed by atoms with Gasteiger partial charge in [0.15, 0.2) is 0 Å². The SMILES string of the molecule is CNC(=O)c1ccc(NC(=O)CN2CCCc3cc(C)cc(F)c32)cc1. The smallest absolute Gasteiger partial charge is 0.251 e. The summed E-state index contributed by atoms with van der Waals surface area (Å²) in [7, 11) is 1.56. The molecule has 26 heavy (non-hydrogen) atoms. The Kier molecular flexibility index (Phi) is 5.21. The molecule has 0 unspecified atom stereocenters. The lowest BCUT2D eigenvalue weighted by molar-refractivity contribution is -0.115. The number of fused-ring (bicyclic) bond motifs is 1. The molecule has 6 heteroatoms. The maximum Gasteiger partial charge on any atom is 0.251 e. The first-order valence-electron chi connectivity index (χ1n) is 8.64. The second kappa shape index (κ2) is 7.56. The number of anilines is 2. The average molecular weight is 355 g/mol. The van der Waals surface area contributed by atoms with Gasteiger partial charge in [0.25, 0.3) is 5.91 Å². The van der Waals surface area contributed by atoms with Crippen molar-refractivity contribution in [3.8, 4) is 0 Å². The number of hydrogen-bond donors (Lipinski definition) is 2. The molecule has 0 saturated heterocycles. The second-order valence-electron chi connectivity index (χ2n) is 6.48. The number of nitrogens with one attached hydrogen (secondary N) is 2. The average Bonchev–Trinajstić information content (AvgIpc) is 2.61. The molecule has 0 aromatic heterocycles. The van der Waals surface area contributed by atoms with E-state index in [0.717, 1.165) is 24.0 Å². The first-order valence-corrected chi connectivity index (χ1v) is 8.64. The molecule has 2 amide bonds. The van der Waals surface area contributed by atoms with Gasteiger partial charge in [0.05, 0.1) is 12.2 Å². The van der Waals surface area contributed by atoms with E-state index in [0.29, 0.717) is 23.5 Å². The Morgan fingerprint density at radius 2 is 1.92 bits per heavy atom. The van der Waals surface area contributed by atoms with Crippen molar-refractivity contribution in [3.05, 3.63) is 58.9 Å². The Labute approximate surface area is 152 Å². The third-order valence-corrected chi connectivity index (χ3v) is 4.47. The minimum Gasteiger partial charge on any atom is -0.360 e. The lowest BCUT2D eigenvalue weighted by Gasteiger charge is -2.31. The maximum atomic E-state index is 14.4. The third-order valence-electron chi connectivity index (χ3n) is 4.47. The van der Waals surface area contributed by atoms with Crippen LogP contribution in [-0.4, -0.2) is 32.0 Å². The summed E-state index contributed by atoms with van der Waals surface area (Å²) >= 11 is 0. The van der Waals surface area contributed by atoms with Crippen LogP contribution in [0.5, 0.6) is 0 Å². The summed E-state index contributed by atoms with van der Waals surface area (Å²) in [4.78, 5) is 25.7. The van der Waals surface area contributed by atoms with Crippen LogP contribution >= 0.6 is 0 Å². The normalized spacial score (nSPS) is 13.1. The first-order chi connectivity index (χ1) is 12.5. The summed E-state index contributed by atoms with van der Waals surface area (Å²) in [5.74, 6) is -0.675. The molecule has 0 bridgehead atoms. The van der Waals surface area contributed by atoms with E-state index in [4.69, 9.17) is 0 Å². The Bertz CT molecular complexity index is 834. The van der Waals surface area contributed by atoms with Crippen molar-refractivity contribution in [1.29, 1.82) is 0 Å². The minimum absolute atomic E-state index is 0.0875. The van der Waals surface area contributed by atoms with Crippen molar-refractivity contribution >= 4 is 23.2 Å². The Morgan fingerprint density at radius 3 is 2.62 bits per heavy atom. The van der Waals surface area contributed by atoms with Crippen LogP contribution < -0.4 is 15.5 Å². The van der Waals surface area contributed by atoms with Gasteiger partial charge in [-0.3, -0.25) is 9.59 Å². The van der Waals surface area contributed by atoms with Gasteiger partial charge in [-0.25, -0.2) is 4.39 Å². The second-order valence-corrected chi connectivity index (χ2v) is 6.48. The number of halogens is 1. The van der Waals surface area contributed by atoms with E-state index in [-0.39, 0.29) is 24.2 Å². The fraction of sp³-hybridized carbons (Fsp3) is 0.300. The molecule has 0 saturated carbocycles. The molecule has 1 aliphatic rings. The number of amides is 2. The van der Waals surface area contributed by atoms with Crippen molar-refractivity contribution < 1.29 is 14.0 Å². The summed E-state index contributed by atoms with van der Waals surface area (Å²) in [6.45, 7) is 2.61. The highest BCUT2D eigenvalue weighted by Gasteiger charge is 2.23. The largest absolute Gasteiger partial charge is 0.360 e. The molecule has 3 rings (SSSR count). The van der Waals surface area contributed by atoms with Crippen LogP contribution in [0.25, 0.3) is 0 Å². The lowest BCUT2D eigenvalue weighted by Crippen LogP contribution is -2.37. The monoisotopic (exact) mass is 355 g/mol. The summed E-state index contributed by atoms with van der Waals surface area (Å²) in [5, 5.41) is 5.35. The quantitative estimate of drug-likeness (QED) is 0.887. The fourth-order valence-corrected chi connectivity index (χ4v) is 3.30. The zero-order valence-corrected chi connectivity index (χ0v) is 14.9. The highest BCUT2D eigenvalue weighted by molar-refractivity contribution is 5.96. The van der Waals surface area contributed by atoms with Gasteiger partial charge in [-0.05, 0) is 61.2 Å². The highest BCUT2D eigenvalue weighted by atomic mass is 19.1. The molecule has 136 valence electrons. The summed E-state index contributed by atoms with van der Waals surface area (Å²) in [6, 6.07) is 10.1. The number of rotatable bonds is 4. The molecular weight excluding hydrogens is 333 g/mol. The number of carbonyl (C=O) groups is 2. The van der Waals surface area contributed by atoms with Crippen LogP contribution in [0.2, 0.25) is 0 Å². The van der Waals surface area contributed by atoms with Crippen molar-refractivity contribution in [2.45, 2.75) is 19.8 Å². The molecule has 5 nitrogen and oxygen atoms in total. The minimum atomic E-state index is -0.276. The highest BCUT2D eigenvalue weighted by Crippen LogP contribution is 2.31. The van der Waals surface area contributed by atoms with Crippen molar-refractivity contribution in [2.24, 2.45) is 0 Å². The molecule has 2 aromatic carbocycles. The fourth-order valence-electron chi connectivity index (χ4n) is 3.30. The van der Waals surface area contributed by atoms with E-state index in [1.165, 1.54) is 6.07 Å². The zero-order chi connectivity index (χ0) is 18.7. The molecule has 2 N–H and O–H groups in total. The first kappa shape index (κ1) is 17.9. The van der Waals surface area contributed by atoms with Crippen LogP contribution in [0, 0.1) is 12.7 Å². The molecule has 1 aliphatic heterocycles. The zero-order valence-electron chi connectivity index (χ0n) is 14.9. The molecule has 0 fully saturated rings. The number of carbonyl (C=O) groups excluding carboxylic acids is 2. The molecule has 0 atom stereocenters. The van der Waals surface area contributed by atoms with Crippen molar-refractivity contribution in [3.63, 3.8) is 0 Å². The molecule has 0 aliphatic carbocycles. The van der Waals surface area contributed by atoms with Gasteiger partial charge in [0.1, 0.15) is 5.82 Å². The van der Waals surface area contributed by atoms with Crippen LogP contribution in [0.4, 0.5) is 15.8 Å². The Balaban J connectivity index is 1.69. The molecule has 2 aromatic rings. The van der Waals surface area contributed by atoms with Crippen LogP contribution in [0.3, 0.4) is 0 Å². The molecule has 1 heterocycles. The molecular formula is C20H22FN3O2. The predicted molar refractivity (Wildman–Crippen MR) is 100 cm³/mol. The number of nitrogens with zero attached hydrogens (tertiary/aromatic N) is 1. The Hall–Kier alpha value is -2.89. The van der Waals surface area contributed by atoms with Crippen molar-refractivity contribution in [1.82, 2.24) is 5.32 Å². The van der Waals surface area contributed by atoms with Crippen LogP contribution in [-0.2, 0) is 11.2 Å². The van der Waals surface area contributed by atoms with Gasteiger partial charge in [0, 0.05) is 24.8 Å². The van der Waals surface area contributed by atoms with Gasteiger partial charge in [0.2, 0.25) is 5.91 Å². The van der Waals surface area contributed by atoms with Crippen LogP contribution in [0.15, 0.2) is 36.4 Å². The van der Waals surface area contributed by atoms with Gasteiger partial charge in [-0.2, -0.15) is 0 Å². The number of aryl methyl sites for hydroxylation is 2. The number of hydrogen-bond acceptors (Lipinski definition) is 3. The van der Waals surface area contributed by atoms with E-state index in [9.17, 15) is 14.0 Å². The van der Waals surface area contributed by atoms with E-state index in [2.05, 4.69) is 10.6 Å². The topological polar surface area (TPSA) is 61.4 Å². The third kappa shape index (κ3) is 3.85. The van der Waals surface area contributed by atoms with Gasteiger partial charge >= 0.3 is 0 Å². The van der Waals surface area contributed by atoms with E-state index in [1.54, 1.807) is 36.2 Å². The Morgan fingerprint density at radius 1 is 1.19 bits per heavy atom. The summed E-state index contributed by atoms with van der Waals surface area (Å²) in [6.07, 6.45) is 1.72. The molecule has 0 spiro atoms. The van der Waals surface area contributed by atoms with Gasteiger partial charge in [-0.1, -0.05) is 6.07 Å². The summed E-state index contributed by atoms with van der Waals surface area (Å²) < 4.78 is 14.4.